The van der Waals surface area contributed by atoms with Crippen molar-refractivity contribution >= 4 is 5.69 Å². The van der Waals surface area contributed by atoms with Gasteiger partial charge < -0.3 is 9.88 Å². The zero-order valence-corrected chi connectivity index (χ0v) is 10.2. The highest BCUT2D eigenvalue weighted by Crippen LogP contribution is 2.13. The molecule has 0 unspecified atom stereocenters. The van der Waals surface area contributed by atoms with Gasteiger partial charge in [0.15, 0.2) is 0 Å². The van der Waals surface area contributed by atoms with Gasteiger partial charge in [0.05, 0.1) is 0 Å². The number of aromatic nitrogens is 1. The van der Waals surface area contributed by atoms with Crippen LogP contribution in [0.1, 0.15) is 5.56 Å². The number of rotatable bonds is 4. The quantitative estimate of drug-likeness (QED) is 0.898. The Labute approximate surface area is 105 Å². The molecule has 18 heavy (non-hydrogen) atoms. The van der Waals surface area contributed by atoms with Crippen LogP contribution in [0.15, 0.2) is 47.4 Å². The van der Waals surface area contributed by atoms with Crippen molar-refractivity contribution in [2.75, 3.05) is 11.9 Å². The molecule has 4 heteroatoms. The van der Waals surface area contributed by atoms with Crippen LogP contribution >= 0.6 is 0 Å². The Morgan fingerprint density at radius 2 is 2.11 bits per heavy atom. The van der Waals surface area contributed by atoms with Crippen LogP contribution in [-0.4, -0.2) is 11.1 Å². The van der Waals surface area contributed by atoms with Crippen molar-refractivity contribution in [3.05, 3.63) is 64.3 Å². The highest BCUT2D eigenvalue weighted by Gasteiger charge is 1.99. The molecular formula is C14H15FN2O. The van der Waals surface area contributed by atoms with E-state index in [4.69, 9.17) is 0 Å². The number of hydrogen-bond donors (Lipinski definition) is 1. The summed E-state index contributed by atoms with van der Waals surface area (Å²) in [5.41, 5.74) is 1.45. The van der Waals surface area contributed by atoms with Crippen LogP contribution in [0.5, 0.6) is 0 Å². The molecule has 1 aromatic carbocycles. The molecule has 0 spiro atoms. The summed E-state index contributed by atoms with van der Waals surface area (Å²) in [7, 11) is 0. The van der Waals surface area contributed by atoms with Crippen molar-refractivity contribution in [1.29, 1.82) is 0 Å². The van der Waals surface area contributed by atoms with E-state index < -0.39 is 0 Å². The van der Waals surface area contributed by atoms with E-state index in [1.54, 1.807) is 35.9 Å². The Bertz CT molecular complexity index is 592. The predicted molar refractivity (Wildman–Crippen MR) is 70.3 cm³/mol. The first kappa shape index (κ1) is 12.4. The molecule has 0 aliphatic carbocycles. The molecule has 1 N–H and O–H groups in total. The topological polar surface area (TPSA) is 34.0 Å². The van der Waals surface area contributed by atoms with E-state index in [-0.39, 0.29) is 11.4 Å². The molecule has 2 rings (SSSR count). The maximum absolute atomic E-state index is 13.1. The molecule has 0 fully saturated rings. The Hall–Kier alpha value is -2.10. The fourth-order valence-corrected chi connectivity index (χ4v) is 1.72. The normalized spacial score (nSPS) is 10.3. The molecule has 0 bridgehead atoms. The van der Waals surface area contributed by atoms with E-state index in [1.165, 1.54) is 12.1 Å². The van der Waals surface area contributed by atoms with Crippen LogP contribution in [0.2, 0.25) is 0 Å². The van der Waals surface area contributed by atoms with Crippen molar-refractivity contribution in [3.63, 3.8) is 0 Å². The summed E-state index contributed by atoms with van der Waals surface area (Å²) in [6.07, 6.45) is 1.75. The van der Waals surface area contributed by atoms with Crippen molar-refractivity contribution in [3.8, 4) is 0 Å². The van der Waals surface area contributed by atoms with Crippen molar-refractivity contribution in [2.24, 2.45) is 0 Å². The van der Waals surface area contributed by atoms with Gasteiger partial charge in [0, 0.05) is 31.0 Å². The lowest BCUT2D eigenvalue weighted by atomic mass is 10.2. The van der Waals surface area contributed by atoms with Crippen LogP contribution in [0, 0.1) is 12.7 Å². The lowest BCUT2D eigenvalue weighted by molar-refractivity contribution is 0.618. The zero-order chi connectivity index (χ0) is 13.0. The Balaban J connectivity index is 1.95. The van der Waals surface area contributed by atoms with Gasteiger partial charge in [-0.3, -0.25) is 4.79 Å². The maximum atomic E-state index is 13.1. The van der Waals surface area contributed by atoms with E-state index in [9.17, 15) is 9.18 Å². The van der Waals surface area contributed by atoms with Crippen LogP contribution < -0.4 is 10.9 Å². The van der Waals surface area contributed by atoms with Gasteiger partial charge in [-0.25, -0.2) is 4.39 Å². The third-order valence-corrected chi connectivity index (χ3v) is 2.74. The molecule has 0 saturated carbocycles. The van der Waals surface area contributed by atoms with E-state index in [1.807, 2.05) is 6.07 Å². The number of nitrogens with one attached hydrogen (secondary N) is 1. The molecule has 0 aliphatic heterocycles. The van der Waals surface area contributed by atoms with Crippen molar-refractivity contribution in [1.82, 2.24) is 4.57 Å². The molecule has 94 valence electrons. The molecule has 0 amide bonds. The van der Waals surface area contributed by atoms with E-state index >= 15 is 0 Å². The van der Waals surface area contributed by atoms with Crippen LogP contribution in [0.4, 0.5) is 10.1 Å². The van der Waals surface area contributed by atoms with Gasteiger partial charge >= 0.3 is 0 Å². The van der Waals surface area contributed by atoms with Gasteiger partial charge in [0.25, 0.3) is 5.56 Å². The number of aryl methyl sites for hydroxylation is 1. The van der Waals surface area contributed by atoms with Gasteiger partial charge in [-0.1, -0.05) is 6.07 Å². The number of pyridine rings is 1. The van der Waals surface area contributed by atoms with Crippen LogP contribution in [0.3, 0.4) is 0 Å². The number of nitrogens with zero attached hydrogens (tertiary/aromatic N) is 1. The van der Waals surface area contributed by atoms with Gasteiger partial charge in [0.1, 0.15) is 5.82 Å². The minimum Gasteiger partial charge on any atom is -0.383 e. The third-order valence-electron chi connectivity index (χ3n) is 2.74. The predicted octanol–water partition coefficient (Wildman–Crippen LogP) is 2.41. The van der Waals surface area contributed by atoms with Gasteiger partial charge in [-0.15, -0.1) is 0 Å². The minimum absolute atomic E-state index is 0.0189. The lowest BCUT2D eigenvalue weighted by Gasteiger charge is -2.09. The zero-order valence-electron chi connectivity index (χ0n) is 10.2. The number of hydrogen-bond acceptors (Lipinski definition) is 2. The van der Waals surface area contributed by atoms with Gasteiger partial charge in [-0.2, -0.15) is 0 Å². The van der Waals surface area contributed by atoms with Crippen LogP contribution in [0.25, 0.3) is 0 Å². The molecular weight excluding hydrogens is 231 g/mol. The lowest BCUT2D eigenvalue weighted by Crippen LogP contribution is -2.22. The Kier molecular flexibility index (Phi) is 3.77. The summed E-state index contributed by atoms with van der Waals surface area (Å²) < 4.78 is 14.7. The summed E-state index contributed by atoms with van der Waals surface area (Å²) in [6.45, 7) is 2.92. The molecule has 0 atom stereocenters. The first-order valence-corrected chi connectivity index (χ1v) is 5.82. The summed E-state index contributed by atoms with van der Waals surface area (Å²) in [6, 6.07) is 9.95. The average molecular weight is 246 g/mol. The standard InChI is InChI=1S/C14H15FN2O/c1-11-10-12(5-6-13(11)15)16-7-9-17-8-3-2-4-14(17)18/h2-6,8,10,16H,7,9H2,1H3. The van der Waals surface area contributed by atoms with E-state index in [2.05, 4.69) is 5.32 Å². The number of anilines is 1. The highest BCUT2D eigenvalue weighted by atomic mass is 19.1. The van der Waals surface area contributed by atoms with Gasteiger partial charge in [0.2, 0.25) is 0 Å². The molecule has 1 heterocycles. The summed E-state index contributed by atoms with van der Waals surface area (Å²) in [4.78, 5) is 11.4. The first-order valence-electron chi connectivity index (χ1n) is 5.82. The van der Waals surface area contributed by atoms with Crippen molar-refractivity contribution < 1.29 is 4.39 Å². The molecule has 1 aromatic heterocycles. The third kappa shape index (κ3) is 2.97. The largest absolute Gasteiger partial charge is 0.383 e. The fourth-order valence-electron chi connectivity index (χ4n) is 1.72. The van der Waals surface area contributed by atoms with Crippen molar-refractivity contribution in [2.45, 2.75) is 13.5 Å². The highest BCUT2D eigenvalue weighted by molar-refractivity contribution is 5.45. The Morgan fingerprint density at radius 1 is 1.28 bits per heavy atom. The minimum atomic E-state index is -0.208. The second-order valence-electron chi connectivity index (χ2n) is 4.12. The monoisotopic (exact) mass is 246 g/mol. The Morgan fingerprint density at radius 3 is 2.83 bits per heavy atom. The van der Waals surface area contributed by atoms with Gasteiger partial charge in [-0.05, 0) is 36.8 Å². The van der Waals surface area contributed by atoms with Crippen LogP contribution in [-0.2, 0) is 6.54 Å². The second kappa shape index (κ2) is 5.49. The second-order valence-corrected chi connectivity index (χ2v) is 4.12. The fraction of sp³-hybridized carbons (Fsp3) is 0.214. The molecule has 0 radical (unpaired) electrons. The maximum Gasteiger partial charge on any atom is 0.250 e. The average Bonchev–Trinajstić information content (AvgIpc) is 2.36. The summed E-state index contributed by atoms with van der Waals surface area (Å²) in [5, 5.41) is 3.16. The van der Waals surface area contributed by atoms with E-state index in [0.717, 1.165) is 5.69 Å². The molecule has 0 saturated heterocycles. The molecule has 0 aliphatic rings. The summed E-state index contributed by atoms with van der Waals surface area (Å²) >= 11 is 0. The smallest absolute Gasteiger partial charge is 0.250 e. The molecule has 3 nitrogen and oxygen atoms in total. The summed E-state index contributed by atoms with van der Waals surface area (Å²) in [5.74, 6) is -0.208. The first-order chi connectivity index (χ1) is 8.66. The number of halogens is 1. The number of benzene rings is 1. The van der Waals surface area contributed by atoms with E-state index in [0.29, 0.717) is 18.7 Å². The molecule has 2 aromatic rings. The SMILES string of the molecule is Cc1cc(NCCn2ccccc2=O)ccc1F.